The largest absolute Gasteiger partial charge is 0.390 e. The van der Waals surface area contributed by atoms with Crippen LogP contribution in [0.15, 0.2) is 0 Å². The zero-order valence-electron chi connectivity index (χ0n) is 12.6. The minimum Gasteiger partial charge on any atom is -0.325 e. The van der Waals surface area contributed by atoms with Crippen molar-refractivity contribution in [2.24, 2.45) is 11.8 Å². The Morgan fingerprint density at radius 2 is 1.90 bits per heavy atom. The van der Waals surface area contributed by atoms with Crippen LogP contribution in [0.5, 0.6) is 0 Å². The summed E-state index contributed by atoms with van der Waals surface area (Å²) in [5, 5.41) is 3.22. The summed E-state index contributed by atoms with van der Waals surface area (Å²) in [6.45, 7) is 7.69. The molecule has 1 rings (SSSR count). The fraction of sp³-hybridized carbons (Fsp3) is 0.929. The fourth-order valence-electron chi connectivity index (χ4n) is 2.50. The van der Waals surface area contributed by atoms with Gasteiger partial charge in [0.2, 0.25) is 5.91 Å². The zero-order chi connectivity index (χ0) is 15.5. The minimum absolute atomic E-state index is 0.132. The summed E-state index contributed by atoms with van der Waals surface area (Å²) in [6.07, 6.45) is -3.94. The van der Waals surface area contributed by atoms with Gasteiger partial charge in [-0.05, 0) is 18.3 Å². The van der Waals surface area contributed by atoms with Crippen molar-refractivity contribution in [1.29, 1.82) is 0 Å². The van der Waals surface area contributed by atoms with E-state index in [4.69, 9.17) is 0 Å². The van der Waals surface area contributed by atoms with Crippen LogP contribution in [0.1, 0.15) is 47.0 Å². The molecule has 1 fully saturated rings. The second kappa shape index (κ2) is 6.78. The van der Waals surface area contributed by atoms with Gasteiger partial charge in [0.25, 0.3) is 0 Å². The Morgan fingerprint density at radius 1 is 1.30 bits per heavy atom. The van der Waals surface area contributed by atoms with Gasteiger partial charge in [-0.25, -0.2) is 0 Å². The van der Waals surface area contributed by atoms with E-state index in [9.17, 15) is 18.0 Å². The predicted molar refractivity (Wildman–Crippen MR) is 72.0 cm³/mol. The maximum atomic E-state index is 12.4. The molecule has 1 saturated heterocycles. The number of halogens is 3. The van der Waals surface area contributed by atoms with Gasteiger partial charge in [0.15, 0.2) is 0 Å². The summed E-state index contributed by atoms with van der Waals surface area (Å²) < 4.78 is 37.2. The molecular weight excluding hydrogens is 269 g/mol. The van der Waals surface area contributed by atoms with Crippen LogP contribution in [-0.2, 0) is 4.79 Å². The quantitative estimate of drug-likeness (QED) is 0.816. The summed E-state index contributed by atoms with van der Waals surface area (Å²) in [6, 6.07) is -0.350. The molecule has 0 saturated carbocycles. The van der Waals surface area contributed by atoms with Crippen LogP contribution < -0.4 is 5.32 Å². The molecule has 0 radical (unpaired) electrons. The molecule has 1 heterocycles. The molecular formula is C14H25F3N2O. The van der Waals surface area contributed by atoms with Gasteiger partial charge in [-0.1, -0.05) is 34.1 Å². The Labute approximate surface area is 118 Å². The number of amides is 1. The Hall–Kier alpha value is -0.780. The van der Waals surface area contributed by atoms with Crippen molar-refractivity contribution in [1.82, 2.24) is 10.2 Å². The van der Waals surface area contributed by atoms with Gasteiger partial charge in [0.1, 0.15) is 0 Å². The van der Waals surface area contributed by atoms with Crippen molar-refractivity contribution in [3.05, 3.63) is 0 Å². The average Bonchev–Trinajstić information content (AvgIpc) is 2.61. The summed E-state index contributed by atoms with van der Waals surface area (Å²) in [7, 11) is 0. The highest BCUT2D eigenvalue weighted by atomic mass is 19.4. The first-order valence-electron chi connectivity index (χ1n) is 7.29. The van der Waals surface area contributed by atoms with E-state index >= 15 is 0 Å². The third-order valence-electron chi connectivity index (χ3n) is 3.84. The van der Waals surface area contributed by atoms with Gasteiger partial charge >= 0.3 is 6.18 Å². The molecule has 1 aliphatic heterocycles. The third-order valence-corrected chi connectivity index (χ3v) is 3.84. The molecule has 1 N–H and O–H groups in total. The van der Waals surface area contributed by atoms with Crippen molar-refractivity contribution in [3.63, 3.8) is 0 Å². The molecule has 0 bridgehead atoms. The van der Waals surface area contributed by atoms with Crippen LogP contribution in [0.25, 0.3) is 0 Å². The Bertz CT molecular complexity index is 331. The highest BCUT2D eigenvalue weighted by Crippen LogP contribution is 2.26. The number of carbonyl (C=O) groups is 1. The number of rotatable bonds is 6. The standard InChI is InChI=1S/C14H25F3N2O/c1-5-10(4)12-13(20)19(7-6-14(15,16)17)11(18-12)8-9(2)3/h9-12,18H,5-8H2,1-4H3. The van der Waals surface area contributed by atoms with E-state index < -0.39 is 12.6 Å². The topological polar surface area (TPSA) is 32.3 Å². The Kier molecular flexibility index (Phi) is 5.86. The Balaban J connectivity index is 2.77. The Morgan fingerprint density at radius 3 is 2.35 bits per heavy atom. The molecule has 118 valence electrons. The zero-order valence-corrected chi connectivity index (χ0v) is 12.6. The van der Waals surface area contributed by atoms with Crippen molar-refractivity contribution in [3.8, 4) is 0 Å². The molecule has 0 spiro atoms. The highest BCUT2D eigenvalue weighted by molar-refractivity contribution is 5.84. The first kappa shape index (κ1) is 17.3. The SMILES string of the molecule is CCC(C)C1NC(CC(C)C)N(CCC(F)(F)F)C1=O. The second-order valence-corrected chi connectivity index (χ2v) is 6.07. The van der Waals surface area contributed by atoms with E-state index in [1.54, 1.807) is 0 Å². The molecule has 0 aliphatic carbocycles. The van der Waals surface area contributed by atoms with Crippen LogP contribution >= 0.6 is 0 Å². The predicted octanol–water partition coefficient (Wildman–Crippen LogP) is 3.16. The smallest absolute Gasteiger partial charge is 0.325 e. The molecule has 1 aliphatic rings. The number of hydrogen-bond donors (Lipinski definition) is 1. The fourth-order valence-corrected chi connectivity index (χ4v) is 2.50. The van der Waals surface area contributed by atoms with E-state index in [1.165, 1.54) is 4.90 Å². The van der Waals surface area contributed by atoms with E-state index in [0.717, 1.165) is 6.42 Å². The molecule has 0 aromatic heterocycles. The molecule has 6 heteroatoms. The number of carbonyl (C=O) groups excluding carboxylic acids is 1. The maximum absolute atomic E-state index is 12.4. The summed E-state index contributed by atoms with van der Waals surface area (Å²) >= 11 is 0. The number of nitrogens with zero attached hydrogens (tertiary/aromatic N) is 1. The van der Waals surface area contributed by atoms with Crippen molar-refractivity contribution in [2.75, 3.05) is 6.54 Å². The van der Waals surface area contributed by atoms with Crippen molar-refractivity contribution < 1.29 is 18.0 Å². The van der Waals surface area contributed by atoms with Crippen LogP contribution in [0.3, 0.4) is 0 Å². The summed E-state index contributed by atoms with van der Waals surface area (Å²) in [5.74, 6) is 0.270. The van der Waals surface area contributed by atoms with Crippen LogP contribution in [0, 0.1) is 11.8 Å². The molecule has 3 nitrogen and oxygen atoms in total. The lowest BCUT2D eigenvalue weighted by Crippen LogP contribution is -2.40. The van der Waals surface area contributed by atoms with Crippen LogP contribution in [0.2, 0.25) is 0 Å². The number of alkyl halides is 3. The molecule has 0 aromatic rings. The van der Waals surface area contributed by atoms with Gasteiger partial charge in [-0.2, -0.15) is 13.2 Å². The monoisotopic (exact) mass is 294 g/mol. The van der Waals surface area contributed by atoms with E-state index in [2.05, 4.69) is 5.32 Å². The second-order valence-electron chi connectivity index (χ2n) is 6.07. The van der Waals surface area contributed by atoms with Crippen molar-refractivity contribution in [2.45, 2.75) is 65.3 Å². The summed E-state index contributed by atoms with van der Waals surface area (Å²) in [5.41, 5.74) is 0. The van der Waals surface area contributed by atoms with E-state index in [1.807, 2.05) is 27.7 Å². The van der Waals surface area contributed by atoms with Crippen LogP contribution in [0.4, 0.5) is 13.2 Å². The average molecular weight is 294 g/mol. The summed E-state index contributed by atoms with van der Waals surface area (Å²) in [4.78, 5) is 13.7. The minimum atomic E-state index is -4.23. The lowest BCUT2D eigenvalue weighted by Gasteiger charge is -2.26. The molecule has 3 atom stereocenters. The van der Waals surface area contributed by atoms with Crippen molar-refractivity contribution >= 4 is 5.91 Å². The molecule has 20 heavy (non-hydrogen) atoms. The third kappa shape index (κ3) is 4.65. The van der Waals surface area contributed by atoms with Gasteiger partial charge < -0.3 is 4.90 Å². The lowest BCUT2D eigenvalue weighted by atomic mass is 9.99. The number of hydrogen-bond acceptors (Lipinski definition) is 2. The first-order chi connectivity index (χ1) is 9.15. The number of nitrogens with one attached hydrogen (secondary N) is 1. The molecule has 3 unspecified atom stereocenters. The van der Waals surface area contributed by atoms with Crippen LogP contribution in [-0.4, -0.2) is 35.7 Å². The maximum Gasteiger partial charge on any atom is 0.390 e. The van der Waals surface area contributed by atoms with Gasteiger partial charge in [0, 0.05) is 6.54 Å². The molecule has 1 amide bonds. The normalized spacial score (nSPS) is 25.6. The van der Waals surface area contributed by atoms with Gasteiger partial charge in [-0.3, -0.25) is 10.1 Å². The van der Waals surface area contributed by atoms with E-state index in [-0.39, 0.29) is 30.6 Å². The van der Waals surface area contributed by atoms with Gasteiger partial charge in [0.05, 0.1) is 18.6 Å². The first-order valence-corrected chi connectivity index (χ1v) is 7.29. The highest BCUT2D eigenvalue weighted by Gasteiger charge is 2.42. The molecule has 0 aromatic carbocycles. The van der Waals surface area contributed by atoms with Gasteiger partial charge in [-0.15, -0.1) is 0 Å². The van der Waals surface area contributed by atoms with E-state index in [0.29, 0.717) is 12.3 Å². The lowest BCUT2D eigenvalue weighted by molar-refractivity contribution is -0.145.